The van der Waals surface area contributed by atoms with Gasteiger partial charge in [0.1, 0.15) is 12.2 Å². The molecule has 0 aliphatic rings. The van der Waals surface area contributed by atoms with Gasteiger partial charge in [0.15, 0.2) is 23.3 Å². The number of nitrogens with one attached hydrogen (secondary N) is 2. The molecule has 0 aliphatic carbocycles. The van der Waals surface area contributed by atoms with E-state index in [1.54, 1.807) is 5.32 Å². The van der Waals surface area contributed by atoms with E-state index in [2.05, 4.69) is 0 Å². The number of aliphatic carboxylic acids is 1. The molecule has 10 heteroatoms. The number of carbonyl (C=O) groups is 2. The van der Waals surface area contributed by atoms with E-state index >= 15 is 0 Å². The topological polar surface area (TPSA) is 78.4 Å². The minimum Gasteiger partial charge on any atom is -0.480 e. The van der Waals surface area contributed by atoms with E-state index in [1.165, 1.54) is 0 Å². The second kappa shape index (κ2) is 6.17. The first-order valence-electron chi connectivity index (χ1n) is 4.99. The second-order valence-electron chi connectivity index (χ2n) is 3.47. The molecule has 0 aromatic heterocycles. The van der Waals surface area contributed by atoms with Gasteiger partial charge in [0.2, 0.25) is 11.7 Å². The first kappa shape index (κ1) is 15.7. The molecule has 0 unspecified atom stereocenters. The lowest BCUT2D eigenvalue weighted by molar-refractivity contribution is -0.137. The van der Waals surface area contributed by atoms with Gasteiger partial charge in [0.05, 0.1) is 6.54 Å². The third-order valence-electron chi connectivity index (χ3n) is 2.07. The maximum Gasteiger partial charge on any atom is 0.322 e. The summed E-state index contributed by atoms with van der Waals surface area (Å²) in [6.07, 6.45) is 0. The smallest absolute Gasteiger partial charge is 0.322 e. The normalized spacial score (nSPS) is 10.2. The van der Waals surface area contributed by atoms with Crippen molar-refractivity contribution in [3.63, 3.8) is 0 Å². The fourth-order valence-corrected chi connectivity index (χ4v) is 1.17. The van der Waals surface area contributed by atoms with Crippen LogP contribution in [0.4, 0.5) is 27.6 Å². The van der Waals surface area contributed by atoms with Crippen molar-refractivity contribution < 1.29 is 36.6 Å². The fourth-order valence-electron chi connectivity index (χ4n) is 1.17. The molecule has 0 radical (unpaired) electrons. The van der Waals surface area contributed by atoms with Crippen molar-refractivity contribution in [2.75, 3.05) is 18.4 Å². The summed E-state index contributed by atoms with van der Waals surface area (Å²) in [5.74, 6) is -13.2. The monoisotopic (exact) mass is 298 g/mol. The van der Waals surface area contributed by atoms with Gasteiger partial charge < -0.3 is 15.7 Å². The molecule has 20 heavy (non-hydrogen) atoms. The summed E-state index contributed by atoms with van der Waals surface area (Å²) in [4.78, 5) is 21.2. The van der Waals surface area contributed by atoms with Crippen LogP contribution in [0.3, 0.4) is 0 Å². The summed E-state index contributed by atoms with van der Waals surface area (Å²) in [7, 11) is 0. The third kappa shape index (κ3) is 3.33. The zero-order valence-corrected chi connectivity index (χ0v) is 9.57. The molecule has 1 rings (SSSR count). The average Bonchev–Trinajstić information content (AvgIpc) is 2.40. The number of carboxylic acids is 1. The van der Waals surface area contributed by atoms with E-state index in [4.69, 9.17) is 5.11 Å². The maximum atomic E-state index is 13.2. The zero-order chi connectivity index (χ0) is 15.4. The van der Waals surface area contributed by atoms with Gasteiger partial charge >= 0.3 is 5.97 Å². The van der Waals surface area contributed by atoms with Gasteiger partial charge in [-0.25, -0.2) is 22.0 Å². The SMILES string of the molecule is O=C(O)CNC(=O)CNc1c(F)c(F)c(F)c(F)c1F. The number of hydrogen-bond acceptors (Lipinski definition) is 3. The van der Waals surface area contributed by atoms with Gasteiger partial charge in [-0.15, -0.1) is 0 Å². The average molecular weight is 298 g/mol. The lowest BCUT2D eigenvalue weighted by atomic mass is 10.2. The van der Waals surface area contributed by atoms with Crippen LogP contribution in [-0.4, -0.2) is 30.1 Å². The van der Waals surface area contributed by atoms with Crippen molar-refractivity contribution in [3.8, 4) is 0 Å². The highest BCUT2D eigenvalue weighted by Gasteiger charge is 2.25. The van der Waals surface area contributed by atoms with Gasteiger partial charge in [-0.1, -0.05) is 0 Å². The zero-order valence-electron chi connectivity index (χ0n) is 9.57. The maximum absolute atomic E-state index is 13.2. The van der Waals surface area contributed by atoms with Crippen molar-refractivity contribution in [1.29, 1.82) is 0 Å². The van der Waals surface area contributed by atoms with Crippen molar-refractivity contribution in [2.45, 2.75) is 0 Å². The van der Waals surface area contributed by atoms with Crippen LogP contribution in [0.5, 0.6) is 0 Å². The Morgan fingerprint density at radius 1 is 0.850 bits per heavy atom. The van der Waals surface area contributed by atoms with E-state index in [0.29, 0.717) is 0 Å². The lowest BCUT2D eigenvalue weighted by Gasteiger charge is -2.10. The van der Waals surface area contributed by atoms with Crippen molar-refractivity contribution in [2.24, 2.45) is 0 Å². The predicted octanol–water partition coefficient (Wildman–Crippen LogP) is 0.995. The molecule has 0 saturated carbocycles. The molecular formula is C10H7F5N2O3. The van der Waals surface area contributed by atoms with Gasteiger partial charge in [0.25, 0.3) is 0 Å². The number of hydrogen-bond donors (Lipinski definition) is 3. The Labute approximate surface area is 108 Å². The van der Waals surface area contributed by atoms with Gasteiger partial charge in [-0.2, -0.15) is 0 Å². The Morgan fingerprint density at radius 2 is 1.30 bits per heavy atom. The Bertz CT molecular complexity index is 535. The number of rotatable bonds is 5. The molecule has 1 aromatic rings. The Hall–Kier alpha value is -2.39. The van der Waals surface area contributed by atoms with Crippen molar-refractivity contribution in [3.05, 3.63) is 29.1 Å². The predicted molar refractivity (Wildman–Crippen MR) is 55.4 cm³/mol. The molecule has 0 saturated heterocycles. The molecule has 0 heterocycles. The fraction of sp³-hybridized carbons (Fsp3) is 0.200. The molecule has 0 spiro atoms. The summed E-state index contributed by atoms with van der Waals surface area (Å²) >= 11 is 0. The minimum atomic E-state index is -2.32. The first-order chi connectivity index (χ1) is 9.25. The molecule has 0 fully saturated rings. The van der Waals surface area contributed by atoms with E-state index in [0.717, 1.165) is 0 Å². The summed E-state index contributed by atoms with van der Waals surface area (Å²) in [5, 5.41) is 11.8. The summed E-state index contributed by atoms with van der Waals surface area (Å²) in [5.41, 5.74) is -1.37. The molecule has 0 atom stereocenters. The number of amides is 1. The van der Waals surface area contributed by atoms with Crippen LogP contribution in [0, 0.1) is 29.1 Å². The van der Waals surface area contributed by atoms with Crippen molar-refractivity contribution >= 4 is 17.6 Å². The van der Waals surface area contributed by atoms with Crippen LogP contribution in [0.2, 0.25) is 0 Å². The Kier molecular flexibility index (Phi) is 4.83. The van der Waals surface area contributed by atoms with E-state index in [-0.39, 0.29) is 0 Å². The van der Waals surface area contributed by atoms with Crippen LogP contribution in [0.25, 0.3) is 0 Å². The molecule has 1 aromatic carbocycles. The van der Waals surface area contributed by atoms with Gasteiger partial charge in [0, 0.05) is 0 Å². The Morgan fingerprint density at radius 3 is 1.75 bits per heavy atom. The molecular weight excluding hydrogens is 291 g/mol. The van der Waals surface area contributed by atoms with Crippen LogP contribution in [0.1, 0.15) is 0 Å². The molecule has 0 aliphatic heterocycles. The molecule has 3 N–H and O–H groups in total. The lowest BCUT2D eigenvalue weighted by Crippen LogP contribution is -2.34. The quantitative estimate of drug-likeness (QED) is 0.430. The van der Waals surface area contributed by atoms with E-state index < -0.39 is 59.7 Å². The highest BCUT2D eigenvalue weighted by atomic mass is 19.2. The number of benzene rings is 1. The highest BCUT2D eigenvalue weighted by molar-refractivity contribution is 5.84. The standard InChI is InChI=1S/C10H7F5N2O3/c11-5-6(12)8(14)10(9(15)7(5)13)17-1-3(18)16-2-4(19)20/h17H,1-2H2,(H,16,18)(H,19,20). The second-order valence-corrected chi connectivity index (χ2v) is 3.47. The first-order valence-corrected chi connectivity index (χ1v) is 4.99. The van der Waals surface area contributed by atoms with Crippen LogP contribution < -0.4 is 10.6 Å². The summed E-state index contributed by atoms with van der Waals surface area (Å²) < 4.78 is 64.6. The molecule has 5 nitrogen and oxygen atoms in total. The Balaban J connectivity index is 2.84. The van der Waals surface area contributed by atoms with E-state index in [9.17, 15) is 31.5 Å². The third-order valence-corrected chi connectivity index (χ3v) is 2.07. The van der Waals surface area contributed by atoms with Gasteiger partial charge in [-0.3, -0.25) is 9.59 Å². The van der Waals surface area contributed by atoms with Gasteiger partial charge in [-0.05, 0) is 0 Å². The largest absolute Gasteiger partial charge is 0.480 e. The van der Waals surface area contributed by atoms with Crippen LogP contribution in [0.15, 0.2) is 0 Å². The molecule has 0 bridgehead atoms. The number of carboxylic acid groups (broad SMARTS) is 1. The number of carbonyl (C=O) groups excluding carboxylic acids is 1. The summed E-state index contributed by atoms with van der Waals surface area (Å²) in [6, 6.07) is 0. The molecule has 1 amide bonds. The highest BCUT2D eigenvalue weighted by Crippen LogP contribution is 2.26. The minimum absolute atomic E-state index is 0.752. The number of halogens is 5. The van der Waals surface area contributed by atoms with Crippen LogP contribution >= 0.6 is 0 Å². The van der Waals surface area contributed by atoms with Crippen molar-refractivity contribution in [1.82, 2.24) is 5.32 Å². The summed E-state index contributed by atoms with van der Waals surface area (Å²) in [6.45, 7) is -1.62. The molecule has 110 valence electrons. The number of anilines is 1. The van der Waals surface area contributed by atoms with Crippen LogP contribution in [-0.2, 0) is 9.59 Å². The van der Waals surface area contributed by atoms with E-state index in [1.807, 2.05) is 5.32 Å².